The zero-order valence-corrected chi connectivity index (χ0v) is 17.5. The van der Waals surface area contributed by atoms with Crippen LogP contribution < -0.4 is 5.32 Å². The van der Waals surface area contributed by atoms with E-state index in [2.05, 4.69) is 26.2 Å². The van der Waals surface area contributed by atoms with Gasteiger partial charge in [-0.2, -0.15) is 0 Å². The Balaban J connectivity index is 1.72. The molecule has 0 saturated heterocycles. The number of halogens is 1. The van der Waals surface area contributed by atoms with Crippen LogP contribution in [0.4, 0.5) is 10.5 Å². The van der Waals surface area contributed by atoms with Gasteiger partial charge in [-0.05, 0) is 53.0 Å². The van der Waals surface area contributed by atoms with Crippen molar-refractivity contribution < 1.29 is 14.3 Å². The van der Waals surface area contributed by atoms with Crippen molar-refractivity contribution in [2.45, 2.75) is 13.3 Å². The van der Waals surface area contributed by atoms with Crippen molar-refractivity contribution in [2.24, 2.45) is 0 Å². The molecule has 2 heterocycles. The minimum atomic E-state index is -0.458. The maximum atomic E-state index is 12.9. The number of carbonyl (C=O) groups excluding carboxylic acids is 2. The standard InChI is InChI=1S/C22H20BrN3O3/c1-2-29-21(27)16-13-26(22(28)25-19-10-6-4-8-17(19)23)12-11-15-14-7-3-5-9-18(14)24-20(15)16/h3-10,13,24H,2,11-12H2,1H3,(H,25,28). The Labute approximate surface area is 176 Å². The van der Waals surface area contributed by atoms with Crippen LogP contribution in [-0.2, 0) is 16.0 Å². The van der Waals surface area contributed by atoms with E-state index in [4.69, 9.17) is 4.74 Å². The van der Waals surface area contributed by atoms with Gasteiger partial charge in [-0.25, -0.2) is 9.59 Å². The molecule has 0 spiro atoms. The maximum Gasteiger partial charge on any atom is 0.341 e. The summed E-state index contributed by atoms with van der Waals surface area (Å²) in [5.74, 6) is -0.458. The fraction of sp³-hybridized carbons (Fsp3) is 0.182. The molecule has 1 aromatic heterocycles. The number of H-pyrrole nitrogens is 1. The van der Waals surface area contributed by atoms with Crippen LogP contribution in [0.3, 0.4) is 0 Å². The highest BCUT2D eigenvalue weighted by atomic mass is 79.9. The van der Waals surface area contributed by atoms with E-state index in [1.54, 1.807) is 13.1 Å². The molecule has 3 aromatic rings. The third-order valence-electron chi connectivity index (χ3n) is 4.84. The third-order valence-corrected chi connectivity index (χ3v) is 5.53. The lowest BCUT2D eigenvalue weighted by Gasteiger charge is -2.19. The Morgan fingerprint density at radius 1 is 1.17 bits per heavy atom. The molecule has 2 N–H and O–H groups in total. The summed E-state index contributed by atoms with van der Waals surface area (Å²) >= 11 is 3.44. The fourth-order valence-corrected chi connectivity index (χ4v) is 3.86. The number of carbonyl (C=O) groups is 2. The Kier molecular flexibility index (Phi) is 5.40. The molecule has 6 nitrogen and oxygen atoms in total. The van der Waals surface area contributed by atoms with Crippen LogP contribution in [0, 0.1) is 0 Å². The van der Waals surface area contributed by atoms with Gasteiger partial charge in [-0.3, -0.25) is 4.90 Å². The first-order valence-corrected chi connectivity index (χ1v) is 10.2. The Bertz CT molecular complexity index is 1120. The van der Waals surface area contributed by atoms with Gasteiger partial charge in [0.1, 0.15) is 0 Å². The van der Waals surface area contributed by atoms with Crippen LogP contribution in [0.1, 0.15) is 18.2 Å². The number of nitrogens with one attached hydrogen (secondary N) is 2. The summed E-state index contributed by atoms with van der Waals surface area (Å²) in [4.78, 5) is 30.5. The van der Waals surface area contributed by atoms with E-state index >= 15 is 0 Å². The monoisotopic (exact) mass is 453 g/mol. The van der Waals surface area contributed by atoms with Crippen LogP contribution in [0.15, 0.2) is 59.2 Å². The van der Waals surface area contributed by atoms with Gasteiger partial charge in [0, 0.05) is 28.1 Å². The average molecular weight is 454 g/mol. The number of para-hydroxylation sites is 2. The highest BCUT2D eigenvalue weighted by Crippen LogP contribution is 2.31. The lowest BCUT2D eigenvalue weighted by atomic mass is 10.0. The zero-order chi connectivity index (χ0) is 20.4. The van der Waals surface area contributed by atoms with E-state index in [-0.39, 0.29) is 12.6 Å². The molecule has 29 heavy (non-hydrogen) atoms. The summed E-state index contributed by atoms with van der Waals surface area (Å²) in [7, 11) is 0. The molecule has 1 aliphatic rings. The summed E-state index contributed by atoms with van der Waals surface area (Å²) in [6.45, 7) is 2.46. The average Bonchev–Trinajstić information content (AvgIpc) is 2.97. The second kappa shape index (κ2) is 8.13. The highest BCUT2D eigenvalue weighted by molar-refractivity contribution is 9.10. The lowest BCUT2D eigenvalue weighted by molar-refractivity contribution is -0.136. The predicted molar refractivity (Wildman–Crippen MR) is 116 cm³/mol. The third kappa shape index (κ3) is 3.78. The van der Waals surface area contributed by atoms with Gasteiger partial charge in [0.15, 0.2) is 0 Å². The number of urea groups is 1. The molecule has 0 atom stereocenters. The normalized spacial score (nSPS) is 13.4. The number of amides is 2. The van der Waals surface area contributed by atoms with Crippen molar-refractivity contribution in [3.05, 3.63) is 70.5 Å². The van der Waals surface area contributed by atoms with E-state index < -0.39 is 5.97 Å². The van der Waals surface area contributed by atoms with E-state index in [1.165, 1.54) is 4.90 Å². The molecule has 0 fully saturated rings. The lowest BCUT2D eigenvalue weighted by Crippen LogP contribution is -2.32. The summed E-state index contributed by atoms with van der Waals surface area (Å²) in [5.41, 5.74) is 3.69. The quantitative estimate of drug-likeness (QED) is 0.552. The van der Waals surface area contributed by atoms with Crippen molar-refractivity contribution in [2.75, 3.05) is 18.5 Å². The molecule has 4 rings (SSSR count). The Morgan fingerprint density at radius 2 is 1.93 bits per heavy atom. The first-order chi connectivity index (χ1) is 14.1. The first kappa shape index (κ1) is 19.3. The van der Waals surface area contributed by atoms with Crippen molar-refractivity contribution in [3.63, 3.8) is 0 Å². The van der Waals surface area contributed by atoms with Crippen molar-refractivity contribution in [1.82, 2.24) is 9.88 Å². The molecule has 0 radical (unpaired) electrons. The van der Waals surface area contributed by atoms with Crippen molar-refractivity contribution >= 4 is 50.1 Å². The summed E-state index contributed by atoms with van der Waals surface area (Å²) in [6.07, 6.45) is 2.19. The molecule has 0 aliphatic carbocycles. The van der Waals surface area contributed by atoms with E-state index in [0.29, 0.717) is 29.9 Å². The van der Waals surface area contributed by atoms with Gasteiger partial charge in [-0.1, -0.05) is 30.3 Å². The Morgan fingerprint density at radius 3 is 2.72 bits per heavy atom. The molecule has 2 amide bonds. The van der Waals surface area contributed by atoms with Crippen LogP contribution in [-0.4, -0.2) is 35.0 Å². The van der Waals surface area contributed by atoms with Crippen molar-refractivity contribution in [1.29, 1.82) is 0 Å². The number of anilines is 1. The fourth-order valence-electron chi connectivity index (χ4n) is 3.48. The number of benzene rings is 2. The minimum absolute atomic E-state index is 0.259. The van der Waals surface area contributed by atoms with Gasteiger partial charge >= 0.3 is 12.0 Å². The molecular weight excluding hydrogens is 434 g/mol. The van der Waals surface area contributed by atoms with Gasteiger partial charge in [-0.15, -0.1) is 0 Å². The molecule has 1 aliphatic heterocycles. The first-order valence-electron chi connectivity index (χ1n) is 9.39. The van der Waals surface area contributed by atoms with Crippen LogP contribution in [0.5, 0.6) is 0 Å². The van der Waals surface area contributed by atoms with E-state index in [1.807, 2.05) is 48.5 Å². The molecular formula is C22H20BrN3O3. The van der Waals surface area contributed by atoms with Gasteiger partial charge in [0.2, 0.25) is 0 Å². The van der Waals surface area contributed by atoms with Crippen LogP contribution >= 0.6 is 15.9 Å². The van der Waals surface area contributed by atoms with Gasteiger partial charge < -0.3 is 15.0 Å². The predicted octanol–water partition coefficient (Wildman–Crippen LogP) is 4.92. The van der Waals surface area contributed by atoms with Gasteiger partial charge in [0.05, 0.1) is 23.6 Å². The number of esters is 1. The minimum Gasteiger partial charge on any atom is -0.462 e. The molecule has 7 heteroatoms. The smallest absolute Gasteiger partial charge is 0.341 e. The molecule has 0 bridgehead atoms. The number of rotatable bonds is 3. The van der Waals surface area contributed by atoms with Crippen LogP contribution in [0.2, 0.25) is 0 Å². The van der Waals surface area contributed by atoms with E-state index in [9.17, 15) is 9.59 Å². The highest BCUT2D eigenvalue weighted by Gasteiger charge is 2.27. The number of aromatic nitrogens is 1. The maximum absolute atomic E-state index is 12.9. The second-order valence-electron chi connectivity index (χ2n) is 6.64. The number of nitrogens with zero attached hydrogens (tertiary/aromatic N) is 1. The Hall–Kier alpha value is -3.06. The van der Waals surface area contributed by atoms with Crippen molar-refractivity contribution in [3.8, 4) is 0 Å². The summed E-state index contributed by atoms with van der Waals surface area (Å²) < 4.78 is 6.05. The SMILES string of the molecule is CCOC(=O)C1=CN(C(=O)Nc2ccccc2Br)CCc2c1[nH]c1ccccc21. The van der Waals surface area contributed by atoms with Gasteiger partial charge in [0.25, 0.3) is 0 Å². The van der Waals surface area contributed by atoms with Crippen LogP contribution in [0.25, 0.3) is 16.5 Å². The molecule has 148 valence electrons. The zero-order valence-electron chi connectivity index (χ0n) is 15.9. The number of hydrogen-bond acceptors (Lipinski definition) is 3. The van der Waals surface area contributed by atoms with E-state index in [0.717, 1.165) is 20.9 Å². The number of hydrogen-bond donors (Lipinski definition) is 2. The number of fused-ring (bicyclic) bond motifs is 3. The number of ether oxygens (including phenoxy) is 1. The molecule has 0 unspecified atom stereocenters. The summed E-state index contributed by atoms with van der Waals surface area (Å²) in [6, 6.07) is 15.0. The second-order valence-corrected chi connectivity index (χ2v) is 7.50. The molecule has 0 saturated carbocycles. The number of aromatic amines is 1. The molecule has 2 aromatic carbocycles. The topological polar surface area (TPSA) is 74.4 Å². The summed E-state index contributed by atoms with van der Waals surface area (Å²) in [5, 5.41) is 3.94. The largest absolute Gasteiger partial charge is 0.462 e.